The number of sulfone groups is 1. The van der Waals surface area contributed by atoms with Crippen LogP contribution in [-0.4, -0.2) is 38.5 Å². The summed E-state index contributed by atoms with van der Waals surface area (Å²) in [7, 11) is -2.78. The van der Waals surface area contributed by atoms with E-state index in [1.54, 1.807) is 0 Å². The number of nitrogens with two attached hydrogens (primary N) is 1. The van der Waals surface area contributed by atoms with Crippen LogP contribution < -0.4 is 11.1 Å². The van der Waals surface area contributed by atoms with Crippen molar-refractivity contribution < 1.29 is 8.42 Å². The van der Waals surface area contributed by atoms with Gasteiger partial charge in [-0.05, 0) is 19.8 Å². The summed E-state index contributed by atoms with van der Waals surface area (Å²) in [4.78, 5) is 3.99. The molecule has 82 valence electrons. The summed E-state index contributed by atoms with van der Waals surface area (Å²) in [6.07, 6.45) is 1.25. The monoisotopic (exact) mass is 219 g/mol. The van der Waals surface area contributed by atoms with Crippen molar-refractivity contribution in [3.05, 3.63) is 0 Å². The molecule has 1 aliphatic rings. The topological polar surface area (TPSA) is 84.5 Å². The number of rotatable bonds is 2. The van der Waals surface area contributed by atoms with E-state index in [0.29, 0.717) is 25.3 Å². The molecule has 0 radical (unpaired) electrons. The number of aliphatic imine (C=N–C) groups is 1. The zero-order valence-corrected chi connectivity index (χ0v) is 9.18. The number of nitrogens with zero attached hydrogens (tertiary/aromatic N) is 1. The van der Waals surface area contributed by atoms with Crippen LogP contribution in [0.3, 0.4) is 0 Å². The van der Waals surface area contributed by atoms with Crippen LogP contribution >= 0.6 is 0 Å². The largest absolute Gasteiger partial charge is 0.370 e. The Morgan fingerprint density at radius 1 is 1.50 bits per heavy atom. The molecule has 1 fully saturated rings. The van der Waals surface area contributed by atoms with E-state index in [9.17, 15) is 8.42 Å². The first-order chi connectivity index (χ1) is 6.53. The van der Waals surface area contributed by atoms with Gasteiger partial charge in [0.1, 0.15) is 9.84 Å². The Hall–Kier alpha value is -0.780. The summed E-state index contributed by atoms with van der Waals surface area (Å²) in [6, 6.07) is 0.161. The van der Waals surface area contributed by atoms with Crippen LogP contribution in [0.2, 0.25) is 0 Å². The zero-order valence-electron chi connectivity index (χ0n) is 8.36. The van der Waals surface area contributed by atoms with Gasteiger partial charge < -0.3 is 11.1 Å². The molecule has 0 amide bonds. The molecule has 0 aromatic carbocycles. The van der Waals surface area contributed by atoms with Crippen molar-refractivity contribution in [1.29, 1.82) is 0 Å². The van der Waals surface area contributed by atoms with Gasteiger partial charge in [-0.25, -0.2) is 8.42 Å². The Balaban J connectivity index is 2.40. The first kappa shape index (κ1) is 11.3. The maximum atomic E-state index is 11.1. The Kier molecular flexibility index (Phi) is 3.74. The highest BCUT2D eigenvalue weighted by Crippen LogP contribution is 2.11. The van der Waals surface area contributed by atoms with Crippen LogP contribution in [0.1, 0.15) is 19.8 Å². The van der Waals surface area contributed by atoms with E-state index in [0.717, 1.165) is 0 Å². The maximum absolute atomic E-state index is 11.1. The summed E-state index contributed by atoms with van der Waals surface area (Å²) in [5.41, 5.74) is 5.57. The van der Waals surface area contributed by atoms with Gasteiger partial charge in [-0.1, -0.05) is 0 Å². The molecular formula is C8H17N3O2S. The van der Waals surface area contributed by atoms with E-state index in [4.69, 9.17) is 5.73 Å². The highest BCUT2D eigenvalue weighted by molar-refractivity contribution is 7.91. The molecule has 1 rings (SSSR count). The van der Waals surface area contributed by atoms with E-state index in [2.05, 4.69) is 10.3 Å². The van der Waals surface area contributed by atoms with E-state index in [1.807, 2.05) is 6.92 Å². The molecule has 1 aliphatic heterocycles. The van der Waals surface area contributed by atoms with E-state index in [1.165, 1.54) is 0 Å². The second-order valence-corrected chi connectivity index (χ2v) is 5.73. The number of guanidine groups is 1. The van der Waals surface area contributed by atoms with E-state index < -0.39 is 9.84 Å². The van der Waals surface area contributed by atoms with Gasteiger partial charge in [0, 0.05) is 12.6 Å². The fraction of sp³-hybridized carbons (Fsp3) is 0.875. The van der Waals surface area contributed by atoms with Crippen LogP contribution in [0.4, 0.5) is 0 Å². The summed E-state index contributed by atoms with van der Waals surface area (Å²) >= 11 is 0. The molecule has 0 aromatic rings. The summed E-state index contributed by atoms with van der Waals surface area (Å²) in [5, 5.41) is 3.02. The molecule has 0 saturated carbocycles. The molecule has 0 spiro atoms. The normalized spacial score (nSPS) is 23.4. The average Bonchev–Trinajstić information content (AvgIpc) is 2.09. The lowest BCUT2D eigenvalue weighted by Gasteiger charge is -2.23. The van der Waals surface area contributed by atoms with Crippen LogP contribution in [0.5, 0.6) is 0 Å². The van der Waals surface area contributed by atoms with Gasteiger partial charge in [0.2, 0.25) is 0 Å². The van der Waals surface area contributed by atoms with Gasteiger partial charge in [0.15, 0.2) is 5.96 Å². The third-order valence-corrected chi connectivity index (χ3v) is 3.95. The SMILES string of the molecule is CCN=C(N)NC1CCS(=O)(=O)CC1. The number of hydrogen-bond acceptors (Lipinski definition) is 3. The van der Waals surface area contributed by atoms with E-state index >= 15 is 0 Å². The molecule has 14 heavy (non-hydrogen) atoms. The molecule has 0 aromatic heterocycles. The summed E-state index contributed by atoms with van der Waals surface area (Å²) < 4.78 is 22.2. The van der Waals surface area contributed by atoms with Crippen molar-refractivity contribution in [2.24, 2.45) is 10.7 Å². The highest BCUT2D eigenvalue weighted by Gasteiger charge is 2.23. The van der Waals surface area contributed by atoms with Crippen molar-refractivity contribution in [2.75, 3.05) is 18.1 Å². The standard InChI is InChI=1S/C8H17N3O2S/c1-2-10-8(9)11-7-3-5-14(12,13)6-4-7/h7H,2-6H2,1H3,(H3,9,10,11). The fourth-order valence-electron chi connectivity index (χ4n) is 1.46. The minimum atomic E-state index is -2.78. The third kappa shape index (κ3) is 3.53. The average molecular weight is 219 g/mol. The Labute approximate surface area is 84.7 Å². The number of hydrogen-bond donors (Lipinski definition) is 2. The third-order valence-electron chi connectivity index (χ3n) is 2.24. The molecule has 0 aliphatic carbocycles. The second-order valence-electron chi connectivity index (χ2n) is 3.43. The van der Waals surface area contributed by atoms with Gasteiger partial charge in [-0.2, -0.15) is 0 Å². The lowest BCUT2D eigenvalue weighted by molar-refractivity contribution is 0.519. The second kappa shape index (κ2) is 4.63. The van der Waals surface area contributed by atoms with Crippen molar-refractivity contribution in [3.63, 3.8) is 0 Å². The Morgan fingerprint density at radius 2 is 2.07 bits per heavy atom. The molecule has 1 heterocycles. The summed E-state index contributed by atoms with van der Waals surface area (Å²) in [6.45, 7) is 2.55. The minimum Gasteiger partial charge on any atom is -0.370 e. The lowest BCUT2D eigenvalue weighted by atomic mass is 10.2. The van der Waals surface area contributed by atoms with Crippen molar-refractivity contribution >= 4 is 15.8 Å². The maximum Gasteiger partial charge on any atom is 0.188 e. The predicted molar refractivity (Wildman–Crippen MR) is 57.0 cm³/mol. The number of nitrogens with one attached hydrogen (secondary N) is 1. The highest BCUT2D eigenvalue weighted by atomic mass is 32.2. The van der Waals surface area contributed by atoms with E-state index in [-0.39, 0.29) is 17.5 Å². The predicted octanol–water partition coefficient (Wildman–Crippen LogP) is -0.512. The molecule has 5 nitrogen and oxygen atoms in total. The Bertz CT molecular complexity index is 297. The first-order valence-electron chi connectivity index (χ1n) is 4.80. The molecule has 1 saturated heterocycles. The van der Waals surface area contributed by atoms with Crippen molar-refractivity contribution in [2.45, 2.75) is 25.8 Å². The molecule has 0 unspecified atom stereocenters. The smallest absolute Gasteiger partial charge is 0.188 e. The molecule has 3 N–H and O–H groups in total. The Morgan fingerprint density at radius 3 is 2.57 bits per heavy atom. The van der Waals surface area contributed by atoms with Crippen LogP contribution in [0, 0.1) is 0 Å². The van der Waals surface area contributed by atoms with Crippen molar-refractivity contribution in [3.8, 4) is 0 Å². The fourth-order valence-corrected chi connectivity index (χ4v) is 2.95. The minimum absolute atomic E-state index is 0.161. The van der Waals surface area contributed by atoms with Gasteiger partial charge in [0.25, 0.3) is 0 Å². The van der Waals surface area contributed by atoms with Crippen molar-refractivity contribution in [1.82, 2.24) is 5.32 Å². The van der Waals surface area contributed by atoms with Gasteiger partial charge in [-0.3, -0.25) is 4.99 Å². The zero-order chi connectivity index (χ0) is 10.6. The van der Waals surface area contributed by atoms with Crippen LogP contribution in [0.15, 0.2) is 4.99 Å². The summed E-state index contributed by atoms with van der Waals surface area (Å²) in [5.74, 6) is 0.922. The molecule has 6 heteroatoms. The van der Waals surface area contributed by atoms with Gasteiger partial charge >= 0.3 is 0 Å². The molecular weight excluding hydrogens is 202 g/mol. The van der Waals surface area contributed by atoms with Gasteiger partial charge in [-0.15, -0.1) is 0 Å². The van der Waals surface area contributed by atoms with Crippen LogP contribution in [-0.2, 0) is 9.84 Å². The first-order valence-corrected chi connectivity index (χ1v) is 6.62. The van der Waals surface area contributed by atoms with Crippen LogP contribution in [0.25, 0.3) is 0 Å². The quantitative estimate of drug-likeness (QED) is 0.484. The molecule has 0 bridgehead atoms. The lowest BCUT2D eigenvalue weighted by Crippen LogP contribution is -2.44. The molecule has 0 atom stereocenters. The van der Waals surface area contributed by atoms with Gasteiger partial charge in [0.05, 0.1) is 11.5 Å².